The Morgan fingerprint density at radius 1 is 0.839 bits per heavy atom. The predicted octanol–water partition coefficient (Wildman–Crippen LogP) is 6.62. The molecule has 0 amide bonds. The molecule has 0 unspecified atom stereocenters. The minimum Gasteiger partial charge on any atom is -0.382 e. The van der Waals surface area contributed by atoms with E-state index in [2.05, 4.69) is 5.16 Å². The summed E-state index contributed by atoms with van der Waals surface area (Å²) in [7, 11) is 0. The van der Waals surface area contributed by atoms with E-state index < -0.39 is 18.4 Å². The second-order valence-electron chi connectivity index (χ2n) is 7.60. The molecular weight excluding hydrogens is 396 g/mol. The van der Waals surface area contributed by atoms with Crippen molar-refractivity contribution in [2.75, 3.05) is 0 Å². The molecule has 31 heavy (non-hydrogen) atoms. The van der Waals surface area contributed by atoms with Gasteiger partial charge in [0.25, 0.3) is 5.92 Å². The molecule has 0 aliphatic heterocycles. The first-order chi connectivity index (χ1) is 15.0. The van der Waals surface area contributed by atoms with Gasteiger partial charge in [0.05, 0.1) is 11.3 Å². The molecule has 3 nitrogen and oxygen atoms in total. The van der Waals surface area contributed by atoms with Crippen molar-refractivity contribution in [2.24, 2.45) is 0 Å². The number of benzene rings is 3. The molecule has 158 valence electrons. The number of halogens is 2. The largest absolute Gasteiger partial charge is 0.382 e. The van der Waals surface area contributed by atoms with Gasteiger partial charge in [-0.05, 0) is 30.0 Å². The highest BCUT2D eigenvalue weighted by atomic mass is 19.3. The highest BCUT2D eigenvalue weighted by Crippen LogP contribution is 2.41. The molecule has 0 radical (unpaired) electrons. The fourth-order valence-corrected chi connectivity index (χ4v) is 3.66. The summed E-state index contributed by atoms with van der Waals surface area (Å²) in [6.07, 6.45) is -2.32. The quantitative estimate of drug-likeness (QED) is 0.366. The third-order valence-electron chi connectivity index (χ3n) is 5.43. The standard InChI is InChI=1S/C26H23F2NO2/c1-18-23(25(30)26(27,28)17-16-19-8-4-2-5-9-19)24(31-29-18)22-14-12-21(13-15-22)20-10-6-3-7-11-20/h2-15,25,30H,16-17H2,1H3/t25-/m0/s1. The minimum absolute atomic E-state index is 0.0329. The molecule has 0 saturated heterocycles. The molecule has 1 aromatic heterocycles. The molecule has 0 aliphatic rings. The van der Waals surface area contributed by atoms with Gasteiger partial charge in [0, 0.05) is 12.0 Å². The number of aliphatic hydroxyl groups is 1. The van der Waals surface area contributed by atoms with E-state index in [9.17, 15) is 13.9 Å². The Bertz CT molecular complexity index is 1120. The number of hydrogen-bond donors (Lipinski definition) is 1. The molecule has 1 heterocycles. The zero-order chi connectivity index (χ0) is 21.8. The van der Waals surface area contributed by atoms with Crippen LogP contribution in [0.4, 0.5) is 8.78 Å². The predicted molar refractivity (Wildman–Crippen MR) is 117 cm³/mol. The van der Waals surface area contributed by atoms with Gasteiger partial charge in [-0.15, -0.1) is 0 Å². The molecule has 0 saturated carbocycles. The summed E-state index contributed by atoms with van der Waals surface area (Å²) in [5.41, 5.74) is 3.73. The molecule has 4 aromatic rings. The Balaban J connectivity index is 1.58. The van der Waals surface area contributed by atoms with Crippen LogP contribution in [0.3, 0.4) is 0 Å². The van der Waals surface area contributed by atoms with Gasteiger partial charge in [-0.2, -0.15) is 0 Å². The lowest BCUT2D eigenvalue weighted by Gasteiger charge is -2.23. The van der Waals surface area contributed by atoms with E-state index in [0.717, 1.165) is 16.7 Å². The lowest BCUT2D eigenvalue weighted by molar-refractivity contribution is -0.115. The summed E-state index contributed by atoms with van der Waals surface area (Å²) in [5.74, 6) is -3.16. The van der Waals surface area contributed by atoms with Crippen LogP contribution < -0.4 is 0 Å². The molecule has 3 aromatic carbocycles. The molecular formula is C26H23F2NO2. The van der Waals surface area contributed by atoms with Crippen molar-refractivity contribution in [3.8, 4) is 22.5 Å². The monoisotopic (exact) mass is 419 g/mol. The summed E-state index contributed by atoms with van der Waals surface area (Å²) >= 11 is 0. The highest BCUT2D eigenvalue weighted by molar-refractivity contribution is 5.70. The van der Waals surface area contributed by atoms with E-state index in [1.807, 2.05) is 60.7 Å². The number of hydrogen-bond acceptors (Lipinski definition) is 3. The van der Waals surface area contributed by atoms with Gasteiger partial charge in [-0.25, -0.2) is 8.78 Å². The molecule has 0 fully saturated rings. The Hall–Kier alpha value is -3.31. The van der Waals surface area contributed by atoms with Crippen LogP contribution >= 0.6 is 0 Å². The van der Waals surface area contributed by atoms with Crippen molar-refractivity contribution in [1.82, 2.24) is 5.16 Å². The van der Waals surface area contributed by atoms with Crippen molar-refractivity contribution >= 4 is 0 Å². The molecule has 1 N–H and O–H groups in total. The van der Waals surface area contributed by atoms with E-state index in [0.29, 0.717) is 5.56 Å². The lowest BCUT2D eigenvalue weighted by Crippen LogP contribution is -2.27. The van der Waals surface area contributed by atoms with Crippen molar-refractivity contribution in [2.45, 2.75) is 31.8 Å². The van der Waals surface area contributed by atoms with Crippen molar-refractivity contribution in [3.63, 3.8) is 0 Å². The Labute approximate surface area is 180 Å². The molecule has 0 spiro atoms. The summed E-state index contributed by atoms with van der Waals surface area (Å²) in [5, 5.41) is 14.5. The van der Waals surface area contributed by atoms with Gasteiger partial charge in [-0.3, -0.25) is 0 Å². The first kappa shape index (κ1) is 20.9. The van der Waals surface area contributed by atoms with E-state index in [-0.39, 0.29) is 23.4 Å². The van der Waals surface area contributed by atoms with E-state index >= 15 is 0 Å². The van der Waals surface area contributed by atoms with Crippen LogP contribution in [0, 0.1) is 6.92 Å². The summed E-state index contributed by atoms with van der Waals surface area (Å²) in [4.78, 5) is 0. The normalized spacial score (nSPS) is 12.6. The molecule has 5 heteroatoms. The Morgan fingerprint density at radius 2 is 1.39 bits per heavy atom. The Morgan fingerprint density at radius 3 is 2.03 bits per heavy atom. The molecule has 0 aliphatic carbocycles. The minimum atomic E-state index is -3.33. The number of rotatable bonds is 7. The van der Waals surface area contributed by atoms with Crippen LogP contribution in [-0.4, -0.2) is 16.2 Å². The molecule has 4 rings (SSSR count). The van der Waals surface area contributed by atoms with Gasteiger partial charge in [0.1, 0.15) is 6.10 Å². The third kappa shape index (κ3) is 4.57. The lowest BCUT2D eigenvalue weighted by atomic mass is 9.94. The van der Waals surface area contributed by atoms with Gasteiger partial charge in [0.2, 0.25) is 0 Å². The fraction of sp³-hybridized carbons (Fsp3) is 0.192. The van der Waals surface area contributed by atoms with E-state index in [4.69, 9.17) is 4.52 Å². The van der Waals surface area contributed by atoms with Crippen LogP contribution in [0.25, 0.3) is 22.5 Å². The second kappa shape index (κ2) is 8.82. The smallest absolute Gasteiger partial charge is 0.278 e. The topological polar surface area (TPSA) is 46.3 Å². The van der Waals surface area contributed by atoms with Crippen LogP contribution in [0.5, 0.6) is 0 Å². The number of alkyl halides is 2. The van der Waals surface area contributed by atoms with Gasteiger partial charge < -0.3 is 9.63 Å². The maximum Gasteiger partial charge on any atom is 0.278 e. The maximum atomic E-state index is 14.9. The van der Waals surface area contributed by atoms with Crippen LogP contribution in [0.1, 0.15) is 29.3 Å². The molecule has 0 bridgehead atoms. The number of aromatic nitrogens is 1. The zero-order valence-corrected chi connectivity index (χ0v) is 17.1. The van der Waals surface area contributed by atoms with E-state index in [1.165, 1.54) is 0 Å². The first-order valence-corrected chi connectivity index (χ1v) is 10.2. The van der Waals surface area contributed by atoms with Crippen molar-refractivity contribution < 1.29 is 18.4 Å². The summed E-state index contributed by atoms with van der Waals surface area (Å²) < 4.78 is 35.2. The van der Waals surface area contributed by atoms with E-state index in [1.54, 1.807) is 31.2 Å². The number of nitrogens with zero attached hydrogens (tertiary/aromatic N) is 1. The van der Waals surface area contributed by atoms with Crippen molar-refractivity contribution in [1.29, 1.82) is 0 Å². The van der Waals surface area contributed by atoms with Gasteiger partial charge >= 0.3 is 0 Å². The van der Waals surface area contributed by atoms with Gasteiger partial charge in [-0.1, -0.05) is 90.1 Å². The number of aliphatic hydroxyl groups excluding tert-OH is 1. The third-order valence-corrected chi connectivity index (χ3v) is 5.43. The van der Waals surface area contributed by atoms with Crippen LogP contribution in [-0.2, 0) is 6.42 Å². The van der Waals surface area contributed by atoms with Crippen molar-refractivity contribution in [3.05, 3.63) is 102 Å². The fourth-order valence-electron chi connectivity index (χ4n) is 3.66. The summed E-state index contributed by atoms with van der Waals surface area (Å²) in [6.45, 7) is 1.57. The zero-order valence-electron chi connectivity index (χ0n) is 17.1. The Kier molecular flexibility index (Phi) is 5.96. The molecule has 1 atom stereocenters. The van der Waals surface area contributed by atoms with Crippen LogP contribution in [0.2, 0.25) is 0 Å². The highest BCUT2D eigenvalue weighted by Gasteiger charge is 2.42. The van der Waals surface area contributed by atoms with Gasteiger partial charge in [0.15, 0.2) is 5.76 Å². The average Bonchev–Trinajstić information content (AvgIpc) is 3.19. The SMILES string of the molecule is Cc1noc(-c2ccc(-c3ccccc3)cc2)c1[C@H](O)C(F)(F)CCc1ccccc1. The number of aryl methyl sites for hydroxylation is 2. The van der Waals surface area contributed by atoms with Crippen LogP contribution in [0.15, 0.2) is 89.5 Å². The maximum absolute atomic E-state index is 14.9. The summed E-state index contributed by atoms with van der Waals surface area (Å²) in [6, 6.07) is 26.3. The average molecular weight is 419 g/mol. The first-order valence-electron chi connectivity index (χ1n) is 10.2. The second-order valence-corrected chi connectivity index (χ2v) is 7.60.